The number of hydrogen-bond acceptors (Lipinski definition) is 6. The van der Waals surface area contributed by atoms with Crippen LogP contribution < -0.4 is 0 Å². The molecule has 0 heterocycles. The third-order valence-electron chi connectivity index (χ3n) is 0.731. The summed E-state index contributed by atoms with van der Waals surface area (Å²) in [7, 11) is -4.60. The normalized spacial score (nSPS) is 13.4. The Morgan fingerprint density at radius 1 is 1.42 bits per heavy atom. The molecule has 0 saturated carbocycles. The van der Waals surface area contributed by atoms with E-state index in [0.717, 1.165) is 0 Å². The minimum absolute atomic E-state index is 0.0797. The van der Waals surface area contributed by atoms with Gasteiger partial charge in [0.05, 0.1) is 0 Å². The zero-order chi connectivity index (χ0) is 9.61. The van der Waals surface area contributed by atoms with Crippen LogP contribution in [0.3, 0.4) is 0 Å². The van der Waals surface area contributed by atoms with Crippen molar-refractivity contribution in [3.63, 3.8) is 0 Å². The highest BCUT2D eigenvalue weighted by molar-refractivity contribution is 7.87. The van der Waals surface area contributed by atoms with Crippen LogP contribution in [0.1, 0.15) is 0 Å². The Morgan fingerprint density at radius 2 is 2.00 bits per heavy atom. The van der Waals surface area contributed by atoms with Gasteiger partial charge in [-0.1, -0.05) is 0 Å². The summed E-state index contributed by atoms with van der Waals surface area (Å²) < 4.78 is 40.5. The molecule has 1 atom stereocenters. The fourth-order valence-electron chi connectivity index (χ4n) is 0.256. The molecule has 1 unspecified atom stereocenters. The number of carbonyl (C=O) groups is 2. The molecule has 0 aromatic carbocycles. The molecule has 0 saturated heterocycles. The highest BCUT2D eigenvalue weighted by atomic mass is 32.2. The maximum absolute atomic E-state index is 12.1. The first-order valence-electron chi connectivity index (χ1n) is 2.57. The van der Waals surface area contributed by atoms with Crippen LogP contribution in [0, 0.1) is 0 Å². The Balaban J connectivity index is 4.05. The van der Waals surface area contributed by atoms with Crippen molar-refractivity contribution in [3.05, 3.63) is 0 Å². The van der Waals surface area contributed by atoms with Gasteiger partial charge in [-0.15, -0.1) is 0 Å². The monoisotopic (exact) mass is 200 g/mol. The van der Waals surface area contributed by atoms with E-state index in [1.165, 1.54) is 0 Å². The van der Waals surface area contributed by atoms with E-state index in [4.69, 9.17) is 0 Å². The summed E-state index contributed by atoms with van der Waals surface area (Å²) in [6.07, 6.45) is -0.448. The van der Waals surface area contributed by atoms with E-state index >= 15 is 0 Å². The molecule has 0 bridgehead atoms. The van der Waals surface area contributed by atoms with Crippen LogP contribution in [-0.2, 0) is 28.6 Å². The van der Waals surface area contributed by atoms with Gasteiger partial charge in [-0.3, -0.25) is 9.59 Å². The summed E-state index contributed by atoms with van der Waals surface area (Å²) >= 11 is 0. The lowest BCUT2D eigenvalue weighted by Crippen LogP contribution is -2.21. The molecule has 0 aliphatic carbocycles. The van der Waals surface area contributed by atoms with Gasteiger partial charge < -0.3 is 4.74 Å². The molecule has 8 heteroatoms. The second kappa shape index (κ2) is 4.78. The number of carbonyl (C=O) groups excluding carboxylic acids is 2. The minimum Gasteiger partial charge on any atom is -0.439 e. The van der Waals surface area contributed by atoms with Gasteiger partial charge in [-0.2, -0.15) is 8.42 Å². The highest BCUT2D eigenvalue weighted by Crippen LogP contribution is 2.02. The number of aldehydes is 1. The summed E-state index contributed by atoms with van der Waals surface area (Å²) in [6, 6.07) is 0. The molecule has 0 aromatic heterocycles. The molecule has 70 valence electrons. The Labute approximate surface area is 67.4 Å². The maximum atomic E-state index is 12.1. The average Bonchev–Trinajstić information content (AvgIpc) is 2.03. The summed E-state index contributed by atoms with van der Waals surface area (Å²) in [5.41, 5.74) is -2.76. The smallest absolute Gasteiger partial charge is 0.310 e. The van der Waals surface area contributed by atoms with E-state index in [1.54, 1.807) is 0 Å². The molecule has 0 aliphatic heterocycles. The predicted octanol–water partition coefficient (Wildman–Crippen LogP) is -1.04. The maximum Gasteiger partial charge on any atom is 0.310 e. The van der Waals surface area contributed by atoms with Gasteiger partial charge in [0.25, 0.3) is 12.0 Å². The number of ether oxygens (including phenoxy) is 1. The molecular weight excluding hydrogens is 195 g/mol. The van der Waals surface area contributed by atoms with Crippen molar-refractivity contribution >= 4 is 22.9 Å². The zero-order valence-corrected chi connectivity index (χ0v) is 6.49. The molecule has 0 amide bonds. The van der Waals surface area contributed by atoms with Crippen LogP contribution in [0.25, 0.3) is 0 Å². The van der Waals surface area contributed by atoms with Gasteiger partial charge in [0.2, 0.25) is 6.79 Å². The second-order valence-electron chi connectivity index (χ2n) is 1.48. The molecule has 0 radical (unpaired) electrons. The van der Waals surface area contributed by atoms with Crippen LogP contribution in [0.4, 0.5) is 4.39 Å². The van der Waals surface area contributed by atoms with Crippen molar-refractivity contribution in [3.8, 4) is 0 Å². The van der Waals surface area contributed by atoms with Gasteiger partial charge >= 0.3 is 10.1 Å². The number of hydrogen-bond donors (Lipinski definition) is 0. The third kappa shape index (κ3) is 3.39. The van der Waals surface area contributed by atoms with Gasteiger partial charge in [0, 0.05) is 0 Å². The van der Waals surface area contributed by atoms with Gasteiger partial charge in [0.1, 0.15) is 0 Å². The lowest BCUT2D eigenvalue weighted by molar-refractivity contribution is -0.134. The highest BCUT2D eigenvalue weighted by Gasteiger charge is 2.25. The third-order valence-corrected chi connectivity index (χ3v) is 1.82. The summed E-state index contributed by atoms with van der Waals surface area (Å²) in [5.74, 6) is 0. The van der Waals surface area contributed by atoms with E-state index in [-0.39, 0.29) is 6.47 Å². The number of rotatable bonds is 6. The summed E-state index contributed by atoms with van der Waals surface area (Å²) in [4.78, 5) is 19.1. The van der Waals surface area contributed by atoms with Crippen LogP contribution in [-0.4, -0.2) is 33.5 Å². The Morgan fingerprint density at radius 3 is 2.42 bits per heavy atom. The molecule has 0 aromatic rings. The average molecular weight is 200 g/mol. The van der Waals surface area contributed by atoms with Gasteiger partial charge in [0.15, 0.2) is 6.29 Å². The molecule has 0 rings (SSSR count). The number of alkyl halides is 1. The Kier molecular flexibility index (Phi) is 4.37. The van der Waals surface area contributed by atoms with Crippen LogP contribution >= 0.6 is 0 Å². The SMILES string of the molecule is O=COCOS(=O)(=O)C(F)C=O. The van der Waals surface area contributed by atoms with Crippen molar-refractivity contribution in [1.29, 1.82) is 0 Å². The fraction of sp³-hybridized carbons (Fsp3) is 0.500. The van der Waals surface area contributed by atoms with E-state index in [9.17, 15) is 22.4 Å². The summed E-state index contributed by atoms with van der Waals surface area (Å²) in [5, 5.41) is 0. The van der Waals surface area contributed by atoms with E-state index < -0.39 is 28.7 Å². The molecule has 0 spiro atoms. The quantitative estimate of drug-likeness (QED) is 0.235. The van der Waals surface area contributed by atoms with E-state index in [1.807, 2.05) is 0 Å². The topological polar surface area (TPSA) is 86.7 Å². The van der Waals surface area contributed by atoms with Crippen molar-refractivity contribution in [2.75, 3.05) is 6.79 Å². The van der Waals surface area contributed by atoms with Crippen LogP contribution in [0.15, 0.2) is 0 Å². The van der Waals surface area contributed by atoms with Crippen molar-refractivity contribution in [2.45, 2.75) is 5.50 Å². The number of halogens is 1. The predicted molar refractivity (Wildman–Crippen MR) is 33.0 cm³/mol. The first kappa shape index (κ1) is 11.0. The Bertz CT molecular complexity index is 246. The first-order chi connectivity index (χ1) is 5.54. The largest absolute Gasteiger partial charge is 0.439 e. The lowest BCUT2D eigenvalue weighted by Gasteiger charge is -2.02. The lowest BCUT2D eigenvalue weighted by atomic mass is 10.9. The van der Waals surface area contributed by atoms with Crippen LogP contribution in [0.2, 0.25) is 0 Å². The molecular formula is C4H5FO6S. The first-order valence-corrected chi connectivity index (χ1v) is 4.04. The minimum atomic E-state index is -4.60. The van der Waals surface area contributed by atoms with Crippen LogP contribution in [0.5, 0.6) is 0 Å². The fourth-order valence-corrected chi connectivity index (χ4v) is 0.711. The summed E-state index contributed by atoms with van der Waals surface area (Å²) in [6.45, 7) is -1.02. The van der Waals surface area contributed by atoms with E-state index in [0.29, 0.717) is 0 Å². The standard InChI is InChI=1S/C4H5FO6S/c5-4(1-6)12(8,9)11-3-10-2-7/h1-2,4H,3H2. The van der Waals surface area contributed by atoms with Gasteiger partial charge in [-0.25, -0.2) is 8.57 Å². The molecule has 12 heavy (non-hydrogen) atoms. The molecule has 0 aliphatic rings. The molecule has 0 fully saturated rings. The Hall–Kier alpha value is -1.02. The zero-order valence-electron chi connectivity index (χ0n) is 5.67. The van der Waals surface area contributed by atoms with Crippen molar-refractivity contribution < 1.29 is 31.3 Å². The van der Waals surface area contributed by atoms with Gasteiger partial charge in [-0.05, 0) is 0 Å². The molecule has 6 nitrogen and oxygen atoms in total. The second-order valence-corrected chi connectivity index (χ2v) is 3.15. The van der Waals surface area contributed by atoms with E-state index in [2.05, 4.69) is 8.92 Å². The van der Waals surface area contributed by atoms with Crippen molar-refractivity contribution in [1.82, 2.24) is 0 Å². The van der Waals surface area contributed by atoms with Crippen molar-refractivity contribution in [2.24, 2.45) is 0 Å². The molecule has 0 N–H and O–H groups in total.